The van der Waals surface area contributed by atoms with Crippen molar-refractivity contribution in [3.05, 3.63) is 22.7 Å². The van der Waals surface area contributed by atoms with Gasteiger partial charge in [0, 0.05) is 45.6 Å². The molecule has 1 aromatic rings. The molecule has 0 unspecified atom stereocenters. The molecule has 19 heavy (non-hydrogen) atoms. The van der Waals surface area contributed by atoms with Crippen LogP contribution in [0.15, 0.2) is 17.2 Å². The molecule has 0 saturated heterocycles. The van der Waals surface area contributed by atoms with Crippen molar-refractivity contribution in [3.63, 3.8) is 0 Å². The minimum atomic E-state index is -0.154. The fraction of sp³-hybridized carbons (Fsp3) is 0.583. The van der Waals surface area contributed by atoms with Crippen LogP contribution in [0.25, 0.3) is 0 Å². The smallest absolute Gasteiger partial charge is 0.316 e. The van der Waals surface area contributed by atoms with Crippen molar-refractivity contribution in [2.75, 3.05) is 32.5 Å². The lowest BCUT2D eigenvalue weighted by Gasteiger charge is -2.12. The first-order valence-electron chi connectivity index (χ1n) is 6.36. The highest BCUT2D eigenvalue weighted by Gasteiger charge is 2.25. The number of carbonyl (C=O) groups is 1. The second-order valence-electron chi connectivity index (χ2n) is 4.77. The van der Waals surface area contributed by atoms with Crippen molar-refractivity contribution in [2.24, 2.45) is 0 Å². The normalized spacial score (nSPS) is 14.0. The number of rotatable bonds is 5. The summed E-state index contributed by atoms with van der Waals surface area (Å²) in [6.45, 7) is 0.910. The van der Waals surface area contributed by atoms with Crippen LogP contribution in [0.2, 0.25) is 0 Å². The molecule has 1 aliphatic rings. The molecule has 1 saturated carbocycles. The Morgan fingerprint density at radius 2 is 2.21 bits per heavy atom. The molecule has 0 radical (unpaired) electrons. The Labute approximate surface area is 111 Å². The maximum atomic E-state index is 12.0. The summed E-state index contributed by atoms with van der Waals surface area (Å²) < 4.78 is 1.72. The molecule has 1 fully saturated rings. The molecule has 1 heterocycles. The molecule has 2 N–H and O–H groups in total. The number of aromatic nitrogens is 2. The number of urea groups is 1. The third-order valence-corrected chi connectivity index (χ3v) is 2.91. The fourth-order valence-corrected chi connectivity index (χ4v) is 1.69. The van der Waals surface area contributed by atoms with Crippen molar-refractivity contribution >= 4 is 11.8 Å². The van der Waals surface area contributed by atoms with Crippen LogP contribution >= 0.6 is 0 Å². The van der Waals surface area contributed by atoms with E-state index < -0.39 is 0 Å². The first kappa shape index (κ1) is 13.4. The van der Waals surface area contributed by atoms with Gasteiger partial charge in [-0.15, -0.1) is 0 Å². The zero-order valence-electron chi connectivity index (χ0n) is 11.2. The molecular weight excluding hydrogens is 246 g/mol. The van der Waals surface area contributed by atoms with E-state index in [1.165, 1.54) is 4.90 Å². The van der Waals surface area contributed by atoms with Crippen molar-refractivity contribution < 1.29 is 4.79 Å². The van der Waals surface area contributed by atoms with Gasteiger partial charge in [-0.25, -0.2) is 9.78 Å². The van der Waals surface area contributed by atoms with E-state index in [1.54, 1.807) is 31.1 Å². The van der Waals surface area contributed by atoms with Crippen molar-refractivity contribution in [1.29, 1.82) is 0 Å². The monoisotopic (exact) mass is 265 g/mol. The lowest BCUT2D eigenvalue weighted by atomic mass is 10.5. The van der Waals surface area contributed by atoms with Gasteiger partial charge in [-0.3, -0.25) is 4.79 Å². The summed E-state index contributed by atoms with van der Waals surface area (Å²) in [5.74, 6) is 0.341. The Morgan fingerprint density at radius 1 is 1.47 bits per heavy atom. The standard InChI is InChI=1S/C12H19N5O2/c1-16(2)12(19)15-6-5-13-10-11(18)17(8-7-14-10)9-3-4-9/h7-9H,3-6H2,1-2H3,(H,13,14)(H,15,19). The van der Waals surface area contributed by atoms with Crippen LogP contribution in [0.3, 0.4) is 0 Å². The largest absolute Gasteiger partial charge is 0.364 e. The van der Waals surface area contributed by atoms with Crippen molar-refractivity contribution in [1.82, 2.24) is 19.8 Å². The van der Waals surface area contributed by atoms with Gasteiger partial charge in [-0.1, -0.05) is 0 Å². The molecule has 2 amide bonds. The number of nitrogens with one attached hydrogen (secondary N) is 2. The van der Waals surface area contributed by atoms with Crippen molar-refractivity contribution in [2.45, 2.75) is 18.9 Å². The third kappa shape index (κ3) is 3.46. The number of amides is 2. The molecule has 7 heteroatoms. The number of hydrogen-bond donors (Lipinski definition) is 2. The quantitative estimate of drug-likeness (QED) is 0.749. The molecule has 2 rings (SSSR count). The summed E-state index contributed by atoms with van der Waals surface area (Å²) >= 11 is 0. The zero-order valence-corrected chi connectivity index (χ0v) is 11.2. The summed E-state index contributed by atoms with van der Waals surface area (Å²) in [7, 11) is 3.35. The summed E-state index contributed by atoms with van der Waals surface area (Å²) in [6, 6.07) is 0.183. The fourth-order valence-electron chi connectivity index (χ4n) is 1.69. The van der Waals surface area contributed by atoms with E-state index in [0.717, 1.165) is 12.8 Å². The van der Waals surface area contributed by atoms with Crippen LogP contribution in [-0.4, -0.2) is 47.7 Å². The van der Waals surface area contributed by atoms with Crippen LogP contribution < -0.4 is 16.2 Å². The highest BCUT2D eigenvalue weighted by molar-refractivity contribution is 5.73. The van der Waals surface area contributed by atoms with Gasteiger partial charge in [0.05, 0.1) is 0 Å². The molecule has 1 aromatic heterocycles. The lowest BCUT2D eigenvalue weighted by Crippen LogP contribution is -2.37. The minimum Gasteiger partial charge on any atom is -0.364 e. The minimum absolute atomic E-state index is 0.0936. The highest BCUT2D eigenvalue weighted by atomic mass is 16.2. The van der Waals surface area contributed by atoms with E-state index in [9.17, 15) is 9.59 Å². The predicted octanol–water partition coefficient (Wildman–Crippen LogP) is 0.261. The topological polar surface area (TPSA) is 79.3 Å². The van der Waals surface area contributed by atoms with Crippen LogP contribution in [0.1, 0.15) is 18.9 Å². The Kier molecular flexibility index (Phi) is 4.03. The van der Waals surface area contributed by atoms with E-state index in [4.69, 9.17) is 0 Å². The van der Waals surface area contributed by atoms with Crippen molar-refractivity contribution in [3.8, 4) is 0 Å². The van der Waals surface area contributed by atoms with E-state index >= 15 is 0 Å². The first-order valence-corrected chi connectivity index (χ1v) is 6.36. The van der Waals surface area contributed by atoms with Gasteiger partial charge >= 0.3 is 6.03 Å². The molecule has 0 aliphatic heterocycles. The summed E-state index contributed by atoms with van der Waals surface area (Å²) in [5.41, 5.74) is -0.0936. The van der Waals surface area contributed by atoms with Gasteiger partial charge in [0.1, 0.15) is 0 Å². The maximum absolute atomic E-state index is 12.0. The summed E-state index contributed by atoms with van der Waals surface area (Å²) in [6.07, 6.45) is 5.46. The van der Waals surface area contributed by atoms with E-state index in [0.29, 0.717) is 24.9 Å². The van der Waals surface area contributed by atoms with Gasteiger partial charge in [0.15, 0.2) is 5.82 Å². The number of anilines is 1. The molecule has 0 aromatic carbocycles. The summed E-state index contributed by atoms with van der Waals surface area (Å²) in [4.78, 5) is 28.8. The molecule has 0 spiro atoms. The molecule has 104 valence electrons. The van der Waals surface area contributed by atoms with Crippen LogP contribution in [0.5, 0.6) is 0 Å². The Morgan fingerprint density at radius 3 is 2.84 bits per heavy atom. The third-order valence-electron chi connectivity index (χ3n) is 2.91. The Balaban J connectivity index is 1.85. The molecule has 1 aliphatic carbocycles. The number of hydrogen-bond acceptors (Lipinski definition) is 4. The number of nitrogens with zero attached hydrogens (tertiary/aromatic N) is 3. The molecule has 7 nitrogen and oxygen atoms in total. The average Bonchev–Trinajstić information content (AvgIpc) is 3.20. The van der Waals surface area contributed by atoms with E-state index in [1.807, 2.05) is 0 Å². The molecule has 0 atom stereocenters. The van der Waals surface area contributed by atoms with Crippen LogP contribution in [-0.2, 0) is 0 Å². The average molecular weight is 265 g/mol. The predicted molar refractivity (Wildman–Crippen MR) is 72.3 cm³/mol. The maximum Gasteiger partial charge on any atom is 0.316 e. The van der Waals surface area contributed by atoms with Gasteiger partial charge in [-0.05, 0) is 12.8 Å². The molecule has 0 bridgehead atoms. The van der Waals surface area contributed by atoms with Crippen LogP contribution in [0.4, 0.5) is 10.6 Å². The summed E-state index contributed by atoms with van der Waals surface area (Å²) in [5, 5.41) is 5.66. The first-order chi connectivity index (χ1) is 9.09. The van der Waals surface area contributed by atoms with Gasteiger partial charge in [0.2, 0.25) is 0 Å². The Bertz CT molecular complexity index is 507. The van der Waals surface area contributed by atoms with E-state index in [-0.39, 0.29) is 11.6 Å². The highest BCUT2D eigenvalue weighted by Crippen LogP contribution is 2.33. The second-order valence-corrected chi connectivity index (χ2v) is 4.77. The number of carbonyl (C=O) groups excluding carboxylic acids is 1. The van der Waals surface area contributed by atoms with Gasteiger partial charge in [-0.2, -0.15) is 0 Å². The van der Waals surface area contributed by atoms with Gasteiger partial charge in [0.25, 0.3) is 5.56 Å². The second kappa shape index (κ2) is 5.73. The van der Waals surface area contributed by atoms with E-state index in [2.05, 4.69) is 15.6 Å². The van der Waals surface area contributed by atoms with Gasteiger partial charge < -0.3 is 20.1 Å². The van der Waals surface area contributed by atoms with Crippen LogP contribution in [0, 0.1) is 0 Å². The molecular formula is C12H19N5O2. The lowest BCUT2D eigenvalue weighted by molar-refractivity contribution is 0.218. The SMILES string of the molecule is CN(C)C(=O)NCCNc1nccn(C2CC2)c1=O. The Hall–Kier alpha value is -2.05. The zero-order chi connectivity index (χ0) is 13.8.